The maximum atomic E-state index is 11.1. The van der Waals surface area contributed by atoms with E-state index in [1.165, 1.54) is 0 Å². The maximum absolute atomic E-state index is 11.1. The fraction of sp³-hybridized carbons (Fsp3) is 0.0909. The lowest BCUT2D eigenvalue weighted by Crippen LogP contribution is -2.09. The molecule has 0 aliphatic carbocycles. The first-order valence-corrected chi connectivity index (χ1v) is 6.41. The zero-order chi connectivity index (χ0) is 10.9. The van der Waals surface area contributed by atoms with Crippen molar-refractivity contribution in [3.05, 3.63) is 42.5 Å². The molecule has 3 nitrogen and oxygen atoms in total. The number of benzene rings is 2. The molecule has 0 aliphatic heterocycles. The molecule has 78 valence electrons. The fourth-order valence-corrected chi connectivity index (χ4v) is 2.09. The van der Waals surface area contributed by atoms with E-state index in [2.05, 4.69) is 4.72 Å². The molecule has 0 bridgehead atoms. The van der Waals surface area contributed by atoms with E-state index in [0.29, 0.717) is 5.69 Å². The second-order valence-electron chi connectivity index (χ2n) is 3.40. The van der Waals surface area contributed by atoms with Crippen LogP contribution in [-0.2, 0) is 10.0 Å². The molecule has 0 atom stereocenters. The first-order valence-electron chi connectivity index (χ1n) is 4.52. The Morgan fingerprint density at radius 3 is 2.40 bits per heavy atom. The Balaban J connectivity index is 2.61. The van der Waals surface area contributed by atoms with Gasteiger partial charge in [-0.15, -0.1) is 0 Å². The lowest BCUT2D eigenvalue weighted by molar-refractivity contribution is 0.607. The van der Waals surface area contributed by atoms with Gasteiger partial charge in [-0.25, -0.2) is 8.42 Å². The van der Waals surface area contributed by atoms with Crippen LogP contribution in [-0.4, -0.2) is 14.7 Å². The Kier molecular flexibility index (Phi) is 2.36. The Morgan fingerprint density at radius 1 is 1.00 bits per heavy atom. The second-order valence-corrected chi connectivity index (χ2v) is 5.15. The molecule has 15 heavy (non-hydrogen) atoms. The van der Waals surface area contributed by atoms with Gasteiger partial charge < -0.3 is 0 Å². The van der Waals surface area contributed by atoms with Crippen molar-refractivity contribution in [2.45, 2.75) is 0 Å². The van der Waals surface area contributed by atoms with Gasteiger partial charge in [0.05, 0.1) is 11.9 Å². The normalized spacial score (nSPS) is 11.5. The Labute approximate surface area is 88.8 Å². The third kappa shape index (κ3) is 2.27. The van der Waals surface area contributed by atoms with Crippen molar-refractivity contribution in [2.24, 2.45) is 0 Å². The van der Waals surface area contributed by atoms with E-state index in [9.17, 15) is 8.42 Å². The van der Waals surface area contributed by atoms with Crippen molar-refractivity contribution < 1.29 is 8.42 Å². The molecule has 1 N–H and O–H groups in total. The van der Waals surface area contributed by atoms with E-state index in [1.54, 1.807) is 6.07 Å². The summed E-state index contributed by atoms with van der Waals surface area (Å²) in [5.41, 5.74) is 0.621. The summed E-state index contributed by atoms with van der Waals surface area (Å²) in [6, 6.07) is 13.2. The minimum atomic E-state index is -3.22. The number of hydrogen-bond acceptors (Lipinski definition) is 2. The average Bonchev–Trinajstić information content (AvgIpc) is 2.16. The molecule has 0 heterocycles. The fourth-order valence-electron chi connectivity index (χ4n) is 1.51. The van der Waals surface area contributed by atoms with Crippen LogP contribution in [0.3, 0.4) is 0 Å². The van der Waals surface area contributed by atoms with Crippen LogP contribution in [0.15, 0.2) is 42.5 Å². The molecule has 4 heteroatoms. The predicted octanol–water partition coefficient (Wildman–Crippen LogP) is 2.21. The highest BCUT2D eigenvalue weighted by Gasteiger charge is 2.04. The van der Waals surface area contributed by atoms with E-state index >= 15 is 0 Å². The van der Waals surface area contributed by atoms with Gasteiger partial charge in [0.15, 0.2) is 0 Å². The van der Waals surface area contributed by atoms with Gasteiger partial charge in [0.25, 0.3) is 0 Å². The molecule has 0 fully saturated rings. The number of hydrogen-bond donors (Lipinski definition) is 1. The number of nitrogens with one attached hydrogen (secondary N) is 1. The summed E-state index contributed by atoms with van der Waals surface area (Å²) in [5.74, 6) is 0. The van der Waals surface area contributed by atoms with Crippen LogP contribution in [0, 0.1) is 0 Å². The van der Waals surface area contributed by atoms with Crippen molar-refractivity contribution in [3.8, 4) is 0 Å². The lowest BCUT2D eigenvalue weighted by Gasteiger charge is -2.07. The van der Waals surface area contributed by atoms with Gasteiger partial charge in [0.2, 0.25) is 10.0 Å². The largest absolute Gasteiger partial charge is 0.283 e. The van der Waals surface area contributed by atoms with Gasteiger partial charge in [-0.05, 0) is 11.5 Å². The quantitative estimate of drug-likeness (QED) is 0.845. The Bertz CT molecular complexity index is 585. The zero-order valence-corrected chi connectivity index (χ0v) is 9.08. The van der Waals surface area contributed by atoms with E-state index in [-0.39, 0.29) is 0 Å². The maximum Gasteiger partial charge on any atom is 0.229 e. The summed E-state index contributed by atoms with van der Waals surface area (Å²) in [7, 11) is -3.22. The Morgan fingerprint density at radius 2 is 1.67 bits per heavy atom. The molecule has 0 spiro atoms. The number of anilines is 1. The predicted molar refractivity (Wildman–Crippen MR) is 62.4 cm³/mol. The zero-order valence-electron chi connectivity index (χ0n) is 8.27. The highest BCUT2D eigenvalue weighted by molar-refractivity contribution is 7.92. The van der Waals surface area contributed by atoms with Gasteiger partial charge in [0, 0.05) is 5.39 Å². The third-order valence-corrected chi connectivity index (χ3v) is 2.68. The van der Waals surface area contributed by atoms with E-state index in [1.807, 2.05) is 36.4 Å². The highest BCUT2D eigenvalue weighted by Crippen LogP contribution is 2.23. The van der Waals surface area contributed by atoms with Crippen molar-refractivity contribution >= 4 is 26.5 Å². The first kappa shape index (κ1) is 9.98. The molecule has 0 amide bonds. The molecular formula is C11H11NO2S. The highest BCUT2D eigenvalue weighted by atomic mass is 32.2. The monoisotopic (exact) mass is 221 g/mol. The van der Waals surface area contributed by atoms with Crippen LogP contribution in [0.1, 0.15) is 0 Å². The van der Waals surface area contributed by atoms with E-state index < -0.39 is 10.0 Å². The van der Waals surface area contributed by atoms with Gasteiger partial charge in [-0.1, -0.05) is 36.4 Å². The summed E-state index contributed by atoms with van der Waals surface area (Å²) in [6.45, 7) is 0. The summed E-state index contributed by atoms with van der Waals surface area (Å²) >= 11 is 0. The topological polar surface area (TPSA) is 46.2 Å². The van der Waals surface area contributed by atoms with Crippen molar-refractivity contribution in [3.63, 3.8) is 0 Å². The standard InChI is InChI=1S/C11H11NO2S/c1-15(13,14)12-11-8-4-6-9-5-2-3-7-10(9)11/h2-8,12H,1H3. The van der Waals surface area contributed by atoms with Crippen LogP contribution >= 0.6 is 0 Å². The van der Waals surface area contributed by atoms with Crippen molar-refractivity contribution in [2.75, 3.05) is 11.0 Å². The van der Waals surface area contributed by atoms with E-state index in [4.69, 9.17) is 0 Å². The van der Waals surface area contributed by atoms with Crippen LogP contribution in [0.2, 0.25) is 0 Å². The minimum Gasteiger partial charge on any atom is -0.283 e. The smallest absolute Gasteiger partial charge is 0.229 e. The van der Waals surface area contributed by atoms with Crippen LogP contribution in [0.25, 0.3) is 10.8 Å². The molecule has 0 saturated heterocycles. The molecular weight excluding hydrogens is 210 g/mol. The SMILES string of the molecule is CS(=O)(=O)Nc1cccc2ccccc12. The third-order valence-electron chi connectivity index (χ3n) is 2.08. The van der Waals surface area contributed by atoms with Crippen LogP contribution in [0.4, 0.5) is 5.69 Å². The number of rotatable bonds is 2. The van der Waals surface area contributed by atoms with Crippen LogP contribution in [0.5, 0.6) is 0 Å². The molecule has 2 aromatic carbocycles. The first-order chi connectivity index (χ1) is 7.06. The van der Waals surface area contributed by atoms with Gasteiger partial charge >= 0.3 is 0 Å². The average molecular weight is 221 g/mol. The van der Waals surface area contributed by atoms with Gasteiger partial charge in [-0.2, -0.15) is 0 Å². The molecule has 0 radical (unpaired) electrons. The second kappa shape index (κ2) is 3.55. The number of fused-ring (bicyclic) bond motifs is 1. The molecule has 0 aromatic heterocycles. The summed E-state index contributed by atoms with van der Waals surface area (Å²) in [5, 5.41) is 1.93. The summed E-state index contributed by atoms with van der Waals surface area (Å²) in [6.07, 6.45) is 1.15. The van der Waals surface area contributed by atoms with Crippen molar-refractivity contribution in [1.29, 1.82) is 0 Å². The van der Waals surface area contributed by atoms with E-state index in [0.717, 1.165) is 17.0 Å². The molecule has 0 aliphatic rings. The minimum absolute atomic E-state index is 0.621. The summed E-state index contributed by atoms with van der Waals surface area (Å²) < 4.78 is 24.8. The lowest BCUT2D eigenvalue weighted by atomic mass is 10.1. The van der Waals surface area contributed by atoms with Crippen LogP contribution < -0.4 is 4.72 Å². The van der Waals surface area contributed by atoms with Gasteiger partial charge in [-0.3, -0.25) is 4.72 Å². The summed E-state index contributed by atoms with van der Waals surface area (Å²) in [4.78, 5) is 0. The van der Waals surface area contributed by atoms with Crippen molar-refractivity contribution in [1.82, 2.24) is 0 Å². The number of sulfonamides is 1. The van der Waals surface area contributed by atoms with Gasteiger partial charge in [0.1, 0.15) is 0 Å². The Hall–Kier alpha value is -1.55. The molecule has 0 saturated carbocycles. The molecule has 0 unspecified atom stereocenters. The molecule has 2 rings (SSSR count). The molecule has 2 aromatic rings.